The first-order valence-corrected chi connectivity index (χ1v) is 11.9. The Hall–Kier alpha value is -1.13. The largest absolute Gasteiger partial charge is 0.352 e. The molecule has 0 aliphatic rings. The Labute approximate surface area is 181 Å². The van der Waals surface area contributed by atoms with Crippen molar-refractivity contribution in [2.24, 2.45) is 0 Å². The second kappa shape index (κ2) is 20.2. The van der Waals surface area contributed by atoms with Crippen LogP contribution >= 0.6 is 0 Å². The zero-order chi connectivity index (χ0) is 21.7. The monoisotopic (exact) mass is 407 g/mol. The average molecular weight is 408 g/mol. The molecule has 0 rings (SSSR count). The molecule has 0 aromatic rings. The van der Waals surface area contributed by atoms with E-state index in [4.69, 9.17) is 0 Å². The molecule has 0 heterocycles. The van der Waals surface area contributed by atoms with E-state index < -0.39 is 0 Å². The molecule has 4 nitrogen and oxygen atoms in total. The topological polar surface area (TPSA) is 35.6 Å². The number of rotatable bonds is 19. The van der Waals surface area contributed by atoms with Crippen molar-refractivity contribution in [1.29, 1.82) is 0 Å². The lowest BCUT2D eigenvalue weighted by atomic mass is 10.1. The molecule has 0 unspecified atom stereocenters. The second-order valence-corrected chi connectivity index (χ2v) is 8.66. The highest BCUT2D eigenvalue weighted by Gasteiger charge is 2.00. The normalized spacial score (nSPS) is 12.4. The molecule has 0 bridgehead atoms. The van der Waals surface area contributed by atoms with Crippen molar-refractivity contribution in [2.75, 3.05) is 47.3 Å². The van der Waals surface area contributed by atoms with E-state index in [1.807, 2.05) is 6.92 Å². The lowest BCUT2D eigenvalue weighted by Crippen LogP contribution is -2.28. The highest BCUT2D eigenvalue weighted by Crippen LogP contribution is 2.09. The van der Waals surface area contributed by atoms with Crippen molar-refractivity contribution in [3.05, 3.63) is 23.8 Å². The SMILES string of the molecule is CCCCCCCCCC=CC(C)=CC(=O)NCCCN(C)CCCCN(C)C. The van der Waals surface area contributed by atoms with Crippen LogP contribution in [-0.4, -0.2) is 63.0 Å². The third-order valence-corrected chi connectivity index (χ3v) is 5.12. The number of carbonyl (C=O) groups excluding carboxylic acids is 1. The van der Waals surface area contributed by atoms with Gasteiger partial charge in [0.1, 0.15) is 0 Å². The van der Waals surface area contributed by atoms with Crippen LogP contribution in [0.4, 0.5) is 0 Å². The molecule has 1 amide bonds. The molecule has 0 aliphatic carbocycles. The third kappa shape index (κ3) is 21.4. The van der Waals surface area contributed by atoms with Crippen LogP contribution in [-0.2, 0) is 4.79 Å². The zero-order valence-corrected chi connectivity index (χ0v) is 20.1. The molecular formula is C25H49N3O. The first kappa shape index (κ1) is 27.9. The minimum atomic E-state index is 0.0247. The predicted octanol–water partition coefficient (Wildman–Crippen LogP) is 5.41. The van der Waals surface area contributed by atoms with Gasteiger partial charge in [-0.15, -0.1) is 0 Å². The lowest BCUT2D eigenvalue weighted by molar-refractivity contribution is -0.116. The number of carbonyl (C=O) groups is 1. The van der Waals surface area contributed by atoms with Gasteiger partial charge in [0.2, 0.25) is 5.91 Å². The Kier molecular flexibility index (Phi) is 19.4. The van der Waals surface area contributed by atoms with Gasteiger partial charge in [-0.3, -0.25) is 4.79 Å². The van der Waals surface area contributed by atoms with Gasteiger partial charge in [0.05, 0.1) is 0 Å². The van der Waals surface area contributed by atoms with Crippen molar-refractivity contribution in [1.82, 2.24) is 15.1 Å². The van der Waals surface area contributed by atoms with E-state index in [0.29, 0.717) is 0 Å². The minimum Gasteiger partial charge on any atom is -0.352 e. The molecular weight excluding hydrogens is 358 g/mol. The molecule has 0 aromatic heterocycles. The van der Waals surface area contributed by atoms with E-state index >= 15 is 0 Å². The summed E-state index contributed by atoms with van der Waals surface area (Å²) in [6.45, 7) is 8.32. The van der Waals surface area contributed by atoms with Gasteiger partial charge in [-0.25, -0.2) is 0 Å². The fourth-order valence-corrected chi connectivity index (χ4v) is 3.28. The molecule has 29 heavy (non-hydrogen) atoms. The van der Waals surface area contributed by atoms with Crippen LogP contribution in [0.25, 0.3) is 0 Å². The summed E-state index contributed by atoms with van der Waals surface area (Å²) in [5, 5.41) is 3.00. The number of nitrogens with zero attached hydrogens (tertiary/aromatic N) is 2. The third-order valence-electron chi connectivity index (χ3n) is 5.12. The Morgan fingerprint density at radius 3 is 2.14 bits per heavy atom. The zero-order valence-electron chi connectivity index (χ0n) is 20.1. The van der Waals surface area contributed by atoms with Gasteiger partial charge in [0.15, 0.2) is 0 Å². The number of unbranched alkanes of at least 4 members (excludes halogenated alkanes) is 8. The van der Waals surface area contributed by atoms with Gasteiger partial charge >= 0.3 is 0 Å². The fourth-order valence-electron chi connectivity index (χ4n) is 3.28. The molecule has 0 spiro atoms. The highest BCUT2D eigenvalue weighted by atomic mass is 16.1. The quantitative estimate of drug-likeness (QED) is 0.177. The summed E-state index contributed by atoms with van der Waals surface area (Å²) in [7, 11) is 6.40. The maximum absolute atomic E-state index is 12.0. The molecule has 0 fully saturated rings. The van der Waals surface area contributed by atoms with E-state index in [9.17, 15) is 4.79 Å². The molecule has 4 heteroatoms. The Balaban J connectivity index is 3.68. The van der Waals surface area contributed by atoms with Crippen molar-refractivity contribution in [3.63, 3.8) is 0 Å². The van der Waals surface area contributed by atoms with Gasteiger partial charge < -0.3 is 15.1 Å². The van der Waals surface area contributed by atoms with Crippen LogP contribution in [0.15, 0.2) is 23.8 Å². The van der Waals surface area contributed by atoms with Crippen LogP contribution in [0.3, 0.4) is 0 Å². The Bertz CT molecular complexity index is 443. The van der Waals surface area contributed by atoms with E-state index in [2.05, 4.69) is 55.3 Å². The first-order valence-electron chi connectivity index (χ1n) is 11.9. The van der Waals surface area contributed by atoms with Crippen LogP contribution < -0.4 is 5.32 Å². The Morgan fingerprint density at radius 2 is 1.45 bits per heavy atom. The molecule has 1 N–H and O–H groups in total. The van der Waals surface area contributed by atoms with E-state index in [1.165, 1.54) is 57.8 Å². The molecule has 0 atom stereocenters. The standard InChI is InChI=1S/C25H49N3O/c1-6-7-8-9-10-11-12-13-14-18-24(2)23-25(29)26-19-17-22-28(5)21-16-15-20-27(3)4/h14,18,23H,6-13,15-17,19-22H2,1-5H3,(H,26,29). The number of hydrogen-bond donors (Lipinski definition) is 1. The lowest BCUT2D eigenvalue weighted by Gasteiger charge is -2.17. The molecule has 0 aromatic carbocycles. The van der Waals surface area contributed by atoms with Crippen LogP contribution in [0.1, 0.15) is 84.5 Å². The second-order valence-electron chi connectivity index (χ2n) is 8.66. The number of hydrogen-bond acceptors (Lipinski definition) is 3. The Morgan fingerprint density at radius 1 is 0.828 bits per heavy atom. The number of amides is 1. The maximum Gasteiger partial charge on any atom is 0.244 e. The van der Waals surface area contributed by atoms with Crippen molar-refractivity contribution in [2.45, 2.75) is 84.5 Å². The summed E-state index contributed by atoms with van der Waals surface area (Å²) in [5.74, 6) is 0.0247. The summed E-state index contributed by atoms with van der Waals surface area (Å²) >= 11 is 0. The average Bonchev–Trinajstić information content (AvgIpc) is 2.67. The van der Waals surface area contributed by atoms with Crippen molar-refractivity contribution >= 4 is 5.91 Å². The van der Waals surface area contributed by atoms with Crippen molar-refractivity contribution < 1.29 is 4.79 Å². The van der Waals surface area contributed by atoms with Crippen LogP contribution in [0, 0.1) is 0 Å². The van der Waals surface area contributed by atoms with Crippen LogP contribution in [0.2, 0.25) is 0 Å². The molecule has 0 radical (unpaired) electrons. The van der Waals surface area contributed by atoms with E-state index in [0.717, 1.165) is 44.6 Å². The van der Waals surface area contributed by atoms with Gasteiger partial charge in [0, 0.05) is 12.6 Å². The van der Waals surface area contributed by atoms with Gasteiger partial charge in [-0.2, -0.15) is 0 Å². The summed E-state index contributed by atoms with van der Waals surface area (Å²) in [5.41, 5.74) is 1.03. The summed E-state index contributed by atoms with van der Waals surface area (Å²) in [6, 6.07) is 0. The van der Waals surface area contributed by atoms with Crippen LogP contribution in [0.5, 0.6) is 0 Å². The summed E-state index contributed by atoms with van der Waals surface area (Å²) in [4.78, 5) is 16.6. The van der Waals surface area contributed by atoms with Gasteiger partial charge in [-0.1, -0.05) is 57.6 Å². The smallest absolute Gasteiger partial charge is 0.244 e. The molecule has 0 aliphatic heterocycles. The predicted molar refractivity (Wildman–Crippen MR) is 128 cm³/mol. The molecule has 0 saturated carbocycles. The summed E-state index contributed by atoms with van der Waals surface area (Å²) in [6.07, 6.45) is 20.0. The highest BCUT2D eigenvalue weighted by molar-refractivity contribution is 5.88. The van der Waals surface area contributed by atoms with Gasteiger partial charge in [-0.05, 0) is 85.4 Å². The van der Waals surface area contributed by atoms with E-state index in [1.54, 1.807) is 6.08 Å². The number of nitrogens with one attached hydrogen (secondary N) is 1. The molecule has 170 valence electrons. The van der Waals surface area contributed by atoms with Gasteiger partial charge in [0.25, 0.3) is 0 Å². The summed E-state index contributed by atoms with van der Waals surface area (Å²) < 4.78 is 0. The van der Waals surface area contributed by atoms with Crippen molar-refractivity contribution in [3.8, 4) is 0 Å². The van der Waals surface area contributed by atoms with E-state index in [-0.39, 0.29) is 5.91 Å². The maximum atomic E-state index is 12.0. The molecule has 0 saturated heterocycles. The minimum absolute atomic E-state index is 0.0247. The fraction of sp³-hybridized carbons (Fsp3) is 0.800. The number of allylic oxidation sites excluding steroid dienone is 3. The first-order chi connectivity index (χ1) is 14.0.